The first-order chi connectivity index (χ1) is 19.0. The lowest BCUT2D eigenvalue weighted by Crippen LogP contribution is -2.59. The molecule has 2 aromatic rings. The molecule has 3 amide bonds. The smallest absolute Gasteiger partial charge is 0.408 e. The van der Waals surface area contributed by atoms with Crippen molar-refractivity contribution < 1.29 is 29.0 Å². The second-order valence-electron chi connectivity index (χ2n) is 12.3. The van der Waals surface area contributed by atoms with Gasteiger partial charge in [-0.3, -0.25) is 9.59 Å². The molecule has 0 aliphatic carbocycles. The molecular weight excluding hydrogens is 522 g/mol. The van der Waals surface area contributed by atoms with Gasteiger partial charge in [0.1, 0.15) is 29.2 Å². The third-order valence-electron chi connectivity index (χ3n) is 6.88. The molecule has 2 unspecified atom stereocenters. The van der Waals surface area contributed by atoms with Crippen molar-refractivity contribution in [3.63, 3.8) is 0 Å². The highest BCUT2D eigenvalue weighted by Gasteiger charge is 2.44. The first kappa shape index (κ1) is 33.5. The van der Waals surface area contributed by atoms with Gasteiger partial charge in [-0.05, 0) is 90.1 Å². The maximum atomic E-state index is 14.5. The number of ether oxygens (including phenoxy) is 2. The molecule has 0 aromatic heterocycles. The quantitative estimate of drug-likeness (QED) is 0.290. The normalized spacial score (nSPS) is 13.2. The van der Waals surface area contributed by atoms with E-state index in [1.165, 1.54) is 4.90 Å². The minimum atomic E-state index is -1.21. The number of alkyl carbamates (subject to hydrolysis) is 1. The molecule has 2 aromatic carbocycles. The number of benzene rings is 2. The van der Waals surface area contributed by atoms with E-state index in [4.69, 9.17) is 9.47 Å². The second-order valence-corrected chi connectivity index (χ2v) is 12.3. The lowest BCUT2D eigenvalue weighted by Gasteiger charge is -2.45. The van der Waals surface area contributed by atoms with Crippen LogP contribution in [0.1, 0.15) is 85.4 Å². The number of para-hydroxylation sites is 1. The molecule has 9 nitrogen and oxygen atoms in total. The Labute approximate surface area is 244 Å². The number of nitrogens with one attached hydrogen (secondary N) is 2. The van der Waals surface area contributed by atoms with E-state index >= 15 is 0 Å². The molecule has 0 saturated carbocycles. The second kappa shape index (κ2) is 13.7. The Kier molecular flexibility index (Phi) is 11.2. The number of anilines is 1. The van der Waals surface area contributed by atoms with E-state index in [9.17, 15) is 19.5 Å². The fourth-order valence-corrected chi connectivity index (χ4v) is 4.44. The average molecular weight is 570 g/mol. The van der Waals surface area contributed by atoms with Crippen LogP contribution in [0.25, 0.3) is 0 Å². The number of phenolic OH excluding ortho intramolecular Hbond substituents is 1. The number of hydrogen-bond acceptors (Lipinski definition) is 6. The van der Waals surface area contributed by atoms with Crippen LogP contribution in [-0.4, -0.2) is 52.2 Å². The van der Waals surface area contributed by atoms with Gasteiger partial charge in [-0.25, -0.2) is 4.79 Å². The van der Waals surface area contributed by atoms with E-state index in [0.717, 1.165) is 0 Å². The molecule has 2 rings (SSSR count). The Morgan fingerprint density at radius 1 is 1.00 bits per heavy atom. The van der Waals surface area contributed by atoms with Gasteiger partial charge in [0.2, 0.25) is 5.91 Å². The first-order valence-electron chi connectivity index (χ1n) is 14.1. The Bertz CT molecular complexity index is 1200. The number of carbonyl (C=O) groups excluding carboxylic acids is 3. The van der Waals surface area contributed by atoms with Gasteiger partial charge in [-0.15, -0.1) is 0 Å². The highest BCUT2D eigenvalue weighted by molar-refractivity contribution is 5.99. The number of phenols is 1. The standard InChI is InChI=1S/C32H47N3O6/c1-11-32(8,9)35(29(38)25(19-20(2)3)34-30(39)41-31(5,6)7)26(24-14-12-13-21(4)27(24)36)28(37)33-22-15-17-23(40-10)18-16-22/h12-18,20,25-26,36H,11,19H2,1-10H3,(H,33,37)(H,34,39). The van der Waals surface area contributed by atoms with Gasteiger partial charge in [0.25, 0.3) is 5.91 Å². The maximum absolute atomic E-state index is 14.5. The molecule has 0 spiro atoms. The van der Waals surface area contributed by atoms with Gasteiger partial charge in [-0.1, -0.05) is 39.0 Å². The SMILES string of the molecule is CCC(C)(C)N(C(=O)C(CC(C)C)NC(=O)OC(C)(C)C)C(C(=O)Nc1ccc(OC)cc1)c1cccc(C)c1O. The maximum Gasteiger partial charge on any atom is 0.408 e. The van der Waals surface area contributed by atoms with Gasteiger partial charge in [-0.2, -0.15) is 0 Å². The summed E-state index contributed by atoms with van der Waals surface area (Å²) < 4.78 is 10.7. The van der Waals surface area contributed by atoms with Crippen molar-refractivity contribution in [2.45, 2.75) is 98.4 Å². The topological polar surface area (TPSA) is 117 Å². The summed E-state index contributed by atoms with van der Waals surface area (Å²) in [6.07, 6.45) is 0.0998. The summed E-state index contributed by atoms with van der Waals surface area (Å²) in [5, 5.41) is 16.8. The Balaban J connectivity index is 2.68. The van der Waals surface area contributed by atoms with Crippen molar-refractivity contribution in [3.8, 4) is 11.5 Å². The molecule has 226 valence electrons. The van der Waals surface area contributed by atoms with Crippen molar-refractivity contribution in [2.24, 2.45) is 5.92 Å². The predicted octanol–water partition coefficient (Wildman–Crippen LogP) is 6.35. The third-order valence-corrected chi connectivity index (χ3v) is 6.88. The summed E-state index contributed by atoms with van der Waals surface area (Å²) in [6.45, 7) is 16.5. The summed E-state index contributed by atoms with van der Waals surface area (Å²) in [7, 11) is 1.55. The number of hydrogen-bond donors (Lipinski definition) is 3. The number of aromatic hydroxyl groups is 1. The lowest BCUT2D eigenvalue weighted by molar-refractivity contribution is -0.148. The summed E-state index contributed by atoms with van der Waals surface area (Å²) in [5.41, 5.74) is -0.254. The third kappa shape index (κ3) is 9.13. The van der Waals surface area contributed by atoms with Crippen LogP contribution >= 0.6 is 0 Å². The predicted molar refractivity (Wildman–Crippen MR) is 161 cm³/mol. The van der Waals surface area contributed by atoms with Crippen LogP contribution in [0.15, 0.2) is 42.5 Å². The minimum absolute atomic E-state index is 0.0458. The monoisotopic (exact) mass is 569 g/mol. The van der Waals surface area contributed by atoms with Crippen LogP contribution in [0.5, 0.6) is 11.5 Å². The summed E-state index contributed by atoms with van der Waals surface area (Å²) in [4.78, 5) is 43.0. The van der Waals surface area contributed by atoms with Crippen molar-refractivity contribution in [3.05, 3.63) is 53.6 Å². The van der Waals surface area contributed by atoms with Gasteiger partial charge in [0, 0.05) is 16.8 Å². The highest BCUT2D eigenvalue weighted by atomic mass is 16.6. The van der Waals surface area contributed by atoms with Crippen LogP contribution < -0.4 is 15.4 Å². The van der Waals surface area contributed by atoms with E-state index in [1.807, 2.05) is 34.6 Å². The van der Waals surface area contributed by atoms with Crippen molar-refractivity contribution in [1.82, 2.24) is 10.2 Å². The Morgan fingerprint density at radius 3 is 2.12 bits per heavy atom. The minimum Gasteiger partial charge on any atom is -0.507 e. The molecule has 0 heterocycles. The van der Waals surface area contributed by atoms with Crippen LogP contribution in [0, 0.1) is 12.8 Å². The number of carbonyl (C=O) groups is 3. The first-order valence-corrected chi connectivity index (χ1v) is 14.1. The van der Waals surface area contributed by atoms with Gasteiger partial charge in [0.05, 0.1) is 7.11 Å². The van der Waals surface area contributed by atoms with E-state index in [1.54, 1.807) is 77.3 Å². The van der Waals surface area contributed by atoms with Crippen LogP contribution in [0.2, 0.25) is 0 Å². The van der Waals surface area contributed by atoms with Crippen LogP contribution in [-0.2, 0) is 14.3 Å². The zero-order chi connectivity index (χ0) is 31.1. The largest absolute Gasteiger partial charge is 0.507 e. The number of rotatable bonds is 11. The average Bonchev–Trinajstić information content (AvgIpc) is 2.87. The highest BCUT2D eigenvalue weighted by Crippen LogP contribution is 2.38. The van der Waals surface area contributed by atoms with Gasteiger partial charge >= 0.3 is 6.09 Å². The van der Waals surface area contributed by atoms with Crippen LogP contribution in [0.4, 0.5) is 10.5 Å². The molecular formula is C32H47N3O6. The fourth-order valence-electron chi connectivity index (χ4n) is 4.44. The molecule has 0 saturated heterocycles. The van der Waals surface area contributed by atoms with Crippen molar-refractivity contribution in [2.75, 3.05) is 12.4 Å². The number of aryl methyl sites for hydroxylation is 1. The lowest BCUT2D eigenvalue weighted by atomic mass is 9.90. The molecule has 0 bridgehead atoms. The van der Waals surface area contributed by atoms with Crippen molar-refractivity contribution >= 4 is 23.6 Å². The van der Waals surface area contributed by atoms with Crippen molar-refractivity contribution in [1.29, 1.82) is 0 Å². The van der Waals surface area contributed by atoms with Gasteiger partial charge in [0.15, 0.2) is 0 Å². The number of methoxy groups -OCH3 is 1. The molecule has 0 aliphatic rings. The molecule has 2 atom stereocenters. The Hall–Kier alpha value is -3.75. The molecule has 3 N–H and O–H groups in total. The fraction of sp³-hybridized carbons (Fsp3) is 0.531. The van der Waals surface area contributed by atoms with Gasteiger partial charge < -0.3 is 30.1 Å². The zero-order valence-electron chi connectivity index (χ0n) is 26.1. The molecule has 0 fully saturated rings. The summed E-state index contributed by atoms with van der Waals surface area (Å²) in [6, 6.07) is 9.77. The van der Waals surface area contributed by atoms with E-state index in [2.05, 4.69) is 10.6 Å². The zero-order valence-corrected chi connectivity index (χ0v) is 26.1. The molecule has 41 heavy (non-hydrogen) atoms. The van der Waals surface area contributed by atoms with E-state index in [-0.39, 0.29) is 17.2 Å². The number of nitrogens with zero attached hydrogens (tertiary/aromatic N) is 1. The molecule has 0 aliphatic heterocycles. The van der Waals surface area contributed by atoms with E-state index < -0.39 is 41.1 Å². The van der Waals surface area contributed by atoms with Crippen LogP contribution in [0.3, 0.4) is 0 Å². The number of amides is 3. The van der Waals surface area contributed by atoms with E-state index in [0.29, 0.717) is 29.8 Å². The summed E-state index contributed by atoms with van der Waals surface area (Å²) >= 11 is 0. The molecule has 9 heteroatoms. The summed E-state index contributed by atoms with van der Waals surface area (Å²) in [5.74, 6) is -0.361. The molecule has 0 radical (unpaired) electrons. The Morgan fingerprint density at radius 2 is 1.61 bits per heavy atom.